The molecule has 0 aromatic rings. The second-order valence-electron chi connectivity index (χ2n) is 3.53. The van der Waals surface area contributed by atoms with Crippen molar-refractivity contribution in [2.45, 2.75) is 13.3 Å². The van der Waals surface area contributed by atoms with Crippen molar-refractivity contribution in [1.82, 2.24) is 5.32 Å². The van der Waals surface area contributed by atoms with Crippen LogP contribution in [0.3, 0.4) is 0 Å². The molecule has 74 valence electrons. The smallest absolute Gasteiger partial charge is 0.0604 e. The second kappa shape index (κ2) is 5.20. The van der Waals surface area contributed by atoms with Gasteiger partial charge in [0.15, 0.2) is 0 Å². The molecule has 0 bridgehead atoms. The molecule has 0 atom stereocenters. The van der Waals surface area contributed by atoms with Crippen molar-refractivity contribution in [1.29, 1.82) is 0 Å². The van der Waals surface area contributed by atoms with E-state index < -0.39 is 0 Å². The van der Waals surface area contributed by atoms with Crippen LogP contribution in [0.4, 0.5) is 0 Å². The highest BCUT2D eigenvalue weighted by Gasteiger charge is 2.25. The summed E-state index contributed by atoms with van der Waals surface area (Å²) in [6.07, 6.45) is 9.68. The van der Waals surface area contributed by atoms with E-state index in [-0.39, 0.29) is 5.41 Å². The van der Waals surface area contributed by atoms with Crippen molar-refractivity contribution in [3.05, 3.63) is 24.3 Å². The number of allylic oxidation sites excluding steroid dienone is 2. The summed E-state index contributed by atoms with van der Waals surface area (Å²) < 4.78 is 5.58. The maximum atomic E-state index is 5.58. The standard InChI is InChI=1S/C11H19NO/c1-3-8-13-10-11(9-12-2)6-4-5-7-11/h4-7,12H,3,8-10H2,1-2H3. The Morgan fingerprint density at radius 3 is 2.54 bits per heavy atom. The van der Waals surface area contributed by atoms with E-state index in [0.29, 0.717) is 0 Å². The second-order valence-corrected chi connectivity index (χ2v) is 3.53. The Morgan fingerprint density at radius 1 is 1.31 bits per heavy atom. The molecule has 1 aliphatic carbocycles. The maximum Gasteiger partial charge on any atom is 0.0604 e. The lowest BCUT2D eigenvalue weighted by molar-refractivity contribution is 0.0892. The molecule has 0 aromatic heterocycles. The van der Waals surface area contributed by atoms with Gasteiger partial charge >= 0.3 is 0 Å². The Balaban J connectivity index is 2.39. The maximum absolute atomic E-state index is 5.58. The Morgan fingerprint density at radius 2 is 2.00 bits per heavy atom. The average Bonchev–Trinajstić information content (AvgIpc) is 2.55. The molecule has 0 radical (unpaired) electrons. The molecule has 0 saturated heterocycles. The average molecular weight is 181 g/mol. The Hall–Kier alpha value is -0.600. The van der Waals surface area contributed by atoms with Crippen molar-refractivity contribution >= 4 is 0 Å². The molecule has 0 unspecified atom stereocenters. The largest absolute Gasteiger partial charge is 0.380 e. The minimum atomic E-state index is 0.101. The zero-order chi connectivity index (χ0) is 9.57. The Bertz CT molecular complexity index is 184. The molecule has 0 amide bonds. The number of hydrogen-bond acceptors (Lipinski definition) is 2. The highest BCUT2D eigenvalue weighted by atomic mass is 16.5. The third kappa shape index (κ3) is 2.98. The number of rotatable bonds is 6. The van der Waals surface area contributed by atoms with Gasteiger partial charge in [-0.25, -0.2) is 0 Å². The van der Waals surface area contributed by atoms with E-state index in [2.05, 4.69) is 36.5 Å². The molecule has 0 heterocycles. The molecule has 13 heavy (non-hydrogen) atoms. The van der Waals surface area contributed by atoms with Gasteiger partial charge in [0.2, 0.25) is 0 Å². The van der Waals surface area contributed by atoms with Gasteiger partial charge in [-0.15, -0.1) is 0 Å². The number of hydrogen-bond donors (Lipinski definition) is 1. The molecule has 1 rings (SSSR count). The summed E-state index contributed by atoms with van der Waals surface area (Å²) in [4.78, 5) is 0. The first kappa shape index (κ1) is 10.5. The molecule has 0 fully saturated rings. The van der Waals surface area contributed by atoms with Crippen LogP contribution >= 0.6 is 0 Å². The van der Waals surface area contributed by atoms with Crippen molar-refractivity contribution < 1.29 is 4.74 Å². The molecule has 2 heteroatoms. The lowest BCUT2D eigenvalue weighted by Gasteiger charge is -2.24. The van der Waals surface area contributed by atoms with Gasteiger partial charge in [-0.1, -0.05) is 31.2 Å². The van der Waals surface area contributed by atoms with E-state index in [0.717, 1.165) is 26.2 Å². The first-order chi connectivity index (χ1) is 6.33. The summed E-state index contributed by atoms with van der Waals surface area (Å²) in [5, 5.41) is 3.19. The lowest BCUT2D eigenvalue weighted by Crippen LogP contribution is -2.32. The van der Waals surface area contributed by atoms with Crippen LogP contribution in [-0.2, 0) is 4.74 Å². The van der Waals surface area contributed by atoms with Crippen LogP contribution in [-0.4, -0.2) is 26.8 Å². The van der Waals surface area contributed by atoms with Crippen LogP contribution in [0.1, 0.15) is 13.3 Å². The van der Waals surface area contributed by atoms with E-state index in [1.54, 1.807) is 0 Å². The molecular formula is C11H19NO. The van der Waals surface area contributed by atoms with Crippen molar-refractivity contribution in [3.8, 4) is 0 Å². The first-order valence-corrected chi connectivity index (χ1v) is 4.92. The normalized spacial score (nSPS) is 18.3. The van der Waals surface area contributed by atoms with Crippen LogP contribution in [0.25, 0.3) is 0 Å². The van der Waals surface area contributed by atoms with E-state index in [9.17, 15) is 0 Å². The minimum absolute atomic E-state index is 0.101. The first-order valence-electron chi connectivity index (χ1n) is 4.92. The van der Waals surface area contributed by atoms with Gasteiger partial charge in [0.05, 0.1) is 6.61 Å². The molecule has 1 aliphatic rings. The van der Waals surface area contributed by atoms with Crippen molar-refractivity contribution in [3.63, 3.8) is 0 Å². The van der Waals surface area contributed by atoms with Crippen molar-refractivity contribution in [2.75, 3.05) is 26.8 Å². The monoisotopic (exact) mass is 181 g/mol. The highest BCUT2D eigenvalue weighted by Crippen LogP contribution is 2.25. The van der Waals surface area contributed by atoms with E-state index >= 15 is 0 Å². The van der Waals surface area contributed by atoms with Crippen LogP contribution in [0, 0.1) is 5.41 Å². The fourth-order valence-electron chi connectivity index (χ4n) is 1.55. The van der Waals surface area contributed by atoms with Crippen LogP contribution in [0.2, 0.25) is 0 Å². The summed E-state index contributed by atoms with van der Waals surface area (Å²) >= 11 is 0. The topological polar surface area (TPSA) is 21.3 Å². The van der Waals surface area contributed by atoms with Gasteiger partial charge in [-0.2, -0.15) is 0 Å². The molecule has 0 aromatic carbocycles. The molecule has 2 nitrogen and oxygen atoms in total. The molecule has 1 N–H and O–H groups in total. The van der Waals surface area contributed by atoms with Crippen LogP contribution < -0.4 is 5.32 Å². The number of nitrogens with one attached hydrogen (secondary N) is 1. The summed E-state index contributed by atoms with van der Waals surface area (Å²) in [5.41, 5.74) is 0.101. The van der Waals surface area contributed by atoms with E-state index in [4.69, 9.17) is 4.74 Å². The summed E-state index contributed by atoms with van der Waals surface area (Å²) in [5.74, 6) is 0. The van der Waals surface area contributed by atoms with Gasteiger partial charge in [0.25, 0.3) is 0 Å². The van der Waals surface area contributed by atoms with Gasteiger partial charge in [-0.3, -0.25) is 0 Å². The lowest BCUT2D eigenvalue weighted by atomic mass is 9.91. The van der Waals surface area contributed by atoms with Crippen LogP contribution in [0.15, 0.2) is 24.3 Å². The minimum Gasteiger partial charge on any atom is -0.380 e. The van der Waals surface area contributed by atoms with Gasteiger partial charge in [-0.05, 0) is 13.5 Å². The molecule has 0 spiro atoms. The zero-order valence-electron chi connectivity index (χ0n) is 8.55. The van der Waals surface area contributed by atoms with Gasteiger partial charge in [0, 0.05) is 18.6 Å². The Labute approximate surface area is 80.7 Å². The summed E-state index contributed by atoms with van der Waals surface area (Å²) in [6.45, 7) is 4.72. The quantitative estimate of drug-likeness (QED) is 0.630. The third-order valence-electron chi connectivity index (χ3n) is 2.19. The molecule has 0 aliphatic heterocycles. The predicted molar refractivity (Wildman–Crippen MR) is 55.7 cm³/mol. The fourth-order valence-corrected chi connectivity index (χ4v) is 1.55. The molecular weight excluding hydrogens is 162 g/mol. The molecule has 0 saturated carbocycles. The summed E-state index contributed by atoms with van der Waals surface area (Å²) in [6, 6.07) is 0. The SMILES string of the molecule is CCCOCC1(CNC)C=CC=C1. The van der Waals surface area contributed by atoms with E-state index in [1.165, 1.54) is 0 Å². The summed E-state index contributed by atoms with van der Waals surface area (Å²) in [7, 11) is 1.97. The van der Waals surface area contributed by atoms with Crippen molar-refractivity contribution in [2.24, 2.45) is 5.41 Å². The van der Waals surface area contributed by atoms with Gasteiger partial charge < -0.3 is 10.1 Å². The predicted octanol–water partition coefficient (Wildman–Crippen LogP) is 1.74. The fraction of sp³-hybridized carbons (Fsp3) is 0.636. The zero-order valence-corrected chi connectivity index (χ0v) is 8.55. The third-order valence-corrected chi connectivity index (χ3v) is 2.19. The number of ether oxygens (including phenoxy) is 1. The highest BCUT2D eigenvalue weighted by molar-refractivity contribution is 5.25. The van der Waals surface area contributed by atoms with Crippen LogP contribution in [0.5, 0.6) is 0 Å². The van der Waals surface area contributed by atoms with Gasteiger partial charge in [0.1, 0.15) is 0 Å². The van der Waals surface area contributed by atoms with E-state index in [1.807, 2.05) is 7.05 Å². The Kier molecular flexibility index (Phi) is 4.19.